The number of aliphatic hydroxyl groups is 1. The molecule has 86 heavy (non-hydrogen) atoms. The van der Waals surface area contributed by atoms with Gasteiger partial charge in [-0.3, -0.25) is 33.4 Å². The number of carboxylic acid groups (broad SMARTS) is 1. The number of aromatic nitrogens is 2. The number of nitrogens with two attached hydrogens (primary N) is 1. The predicted octanol–water partition coefficient (Wildman–Crippen LogP) is 8.88. The Morgan fingerprint density at radius 3 is 1.52 bits per heavy atom. The Morgan fingerprint density at radius 1 is 0.686 bits per heavy atom. The van der Waals surface area contributed by atoms with Crippen LogP contribution in [-0.2, 0) is 83.7 Å². The number of aliphatic carboxylic acids is 1. The second-order valence-electron chi connectivity index (χ2n) is 22.1. The Labute approximate surface area is 554 Å². The van der Waals surface area contributed by atoms with Crippen molar-refractivity contribution in [3.63, 3.8) is 0 Å². The van der Waals surface area contributed by atoms with Gasteiger partial charge < -0.3 is 47.7 Å². The van der Waals surface area contributed by atoms with Gasteiger partial charge in [0.15, 0.2) is 0 Å². The van der Waals surface area contributed by atoms with Crippen LogP contribution < -0.4 is 35.3 Å². The number of primary amides is 1. The van der Waals surface area contributed by atoms with Crippen molar-refractivity contribution in [1.29, 1.82) is 0 Å². The van der Waals surface area contributed by atoms with Gasteiger partial charge in [-0.2, -0.15) is 34.9 Å². The number of halogens is 3. The minimum absolute atomic E-state index is 0. The van der Waals surface area contributed by atoms with Gasteiger partial charge in [-0.05, 0) is 123 Å². The van der Waals surface area contributed by atoms with Crippen molar-refractivity contribution in [3.05, 3.63) is 148 Å². The van der Waals surface area contributed by atoms with Crippen LogP contribution in [-0.4, -0.2) is 107 Å². The van der Waals surface area contributed by atoms with Crippen LogP contribution in [0.2, 0.25) is 5.02 Å². The number of nitrogens with zero attached hydrogens (tertiary/aromatic N) is 3. The molecule has 6 aliphatic rings. The summed E-state index contributed by atoms with van der Waals surface area (Å²) in [6, 6.07) is 33.3. The molecule has 0 atom stereocenters. The molecule has 4 aromatic carbocycles. The SMILES string of the molecule is CC1CC(CC(=O)N2CCn3nc(-c4ccc(F)c(Cl)c4)c(C(N)=O)c3C2)C1.CSC1CC(C(=O)O)C1.CSC1CC(C(=O)OCc2ccccc2)C1.C[S-].O=C(OCc1ccccc1)C1CC(Br)C1.O=C(OCc1ccccc1)C1CC(O)C1.[Na+]. The first kappa shape index (κ1) is 72.4. The number of carbonyl (C=O) groups is 6. The summed E-state index contributed by atoms with van der Waals surface area (Å²) in [5, 5.41) is 23.2. The summed E-state index contributed by atoms with van der Waals surface area (Å²) >= 11 is 17.0. The number of hydrogen-bond acceptors (Lipinski definition) is 14. The van der Waals surface area contributed by atoms with Crippen LogP contribution >= 0.6 is 51.1 Å². The van der Waals surface area contributed by atoms with Gasteiger partial charge in [0.2, 0.25) is 5.91 Å². The Kier molecular flexibility index (Phi) is 31.1. The van der Waals surface area contributed by atoms with Gasteiger partial charge in [-0.25, -0.2) is 4.39 Å². The average molecular weight is 1330 g/mol. The van der Waals surface area contributed by atoms with Crippen LogP contribution in [0.1, 0.15) is 110 Å². The smallest absolute Gasteiger partial charge is 0.796 e. The normalized spacial score (nSPS) is 23.3. The number of ether oxygens (including phenoxy) is 3. The molecule has 1 aliphatic heterocycles. The fraction of sp³-hybridized carbons (Fsp3) is 0.484. The second-order valence-corrected chi connectivity index (χ2v) is 26.1. The van der Waals surface area contributed by atoms with Crippen molar-refractivity contribution in [2.45, 2.75) is 132 Å². The minimum Gasteiger partial charge on any atom is -0.796 e. The third-order valence-electron chi connectivity index (χ3n) is 15.8. The molecule has 0 bridgehead atoms. The van der Waals surface area contributed by atoms with Crippen molar-refractivity contribution in [2.24, 2.45) is 41.2 Å². The number of thioether (sulfide) groups is 2. The molecule has 0 spiro atoms. The molecule has 0 saturated heterocycles. The molecule has 0 unspecified atom stereocenters. The molecule has 2 heterocycles. The maximum absolute atomic E-state index is 13.5. The number of rotatable bonds is 16. The van der Waals surface area contributed by atoms with Gasteiger partial charge in [0.25, 0.3) is 5.91 Å². The van der Waals surface area contributed by atoms with Crippen molar-refractivity contribution in [2.75, 3.05) is 25.3 Å². The van der Waals surface area contributed by atoms with Gasteiger partial charge >= 0.3 is 53.4 Å². The molecule has 460 valence electrons. The van der Waals surface area contributed by atoms with E-state index in [0.717, 1.165) is 68.1 Å². The molecular formula is C64H78BrClFN4NaO11S3. The zero-order valence-corrected chi connectivity index (χ0v) is 56.3. The Morgan fingerprint density at radius 2 is 1.13 bits per heavy atom. The van der Waals surface area contributed by atoms with Crippen molar-refractivity contribution in [3.8, 4) is 11.3 Å². The second kappa shape index (κ2) is 36.9. The molecule has 2 amide bonds. The van der Waals surface area contributed by atoms with Crippen LogP contribution in [0.15, 0.2) is 109 Å². The van der Waals surface area contributed by atoms with Gasteiger partial charge in [-0.15, -0.1) is 0 Å². The van der Waals surface area contributed by atoms with E-state index in [0.29, 0.717) is 103 Å². The maximum atomic E-state index is 13.5. The zero-order chi connectivity index (χ0) is 61.6. The Balaban J connectivity index is 0.000000204. The van der Waals surface area contributed by atoms with Crippen LogP contribution in [0.5, 0.6) is 0 Å². The van der Waals surface area contributed by atoms with Crippen LogP contribution in [0.25, 0.3) is 11.3 Å². The minimum atomic E-state index is -0.626. The summed E-state index contributed by atoms with van der Waals surface area (Å²) in [4.78, 5) is 71.9. The van der Waals surface area contributed by atoms with Crippen LogP contribution in [0.4, 0.5) is 4.39 Å². The monoisotopic (exact) mass is 1330 g/mol. The number of aliphatic hydroxyl groups excluding tert-OH is 1. The van der Waals surface area contributed by atoms with Gasteiger partial charge in [-0.1, -0.05) is 125 Å². The molecule has 5 fully saturated rings. The van der Waals surface area contributed by atoms with Gasteiger partial charge in [0, 0.05) is 33.9 Å². The quantitative estimate of drug-likeness (QED) is 0.0276. The van der Waals surface area contributed by atoms with E-state index in [1.165, 1.54) is 18.2 Å². The topological polar surface area (TPSA) is 218 Å². The first-order valence-electron chi connectivity index (χ1n) is 28.6. The number of amides is 2. The summed E-state index contributed by atoms with van der Waals surface area (Å²) < 4.78 is 30.8. The summed E-state index contributed by atoms with van der Waals surface area (Å²) in [6.07, 6.45) is 14.8. The first-order chi connectivity index (χ1) is 40.9. The van der Waals surface area contributed by atoms with E-state index >= 15 is 0 Å². The van der Waals surface area contributed by atoms with E-state index in [1.54, 1.807) is 27.6 Å². The molecule has 5 aliphatic carbocycles. The molecular weight excluding hydrogens is 1250 g/mol. The average Bonchev–Trinajstić information content (AvgIpc) is 2.49. The summed E-state index contributed by atoms with van der Waals surface area (Å²) in [5.41, 5.74) is 10.5. The fourth-order valence-corrected chi connectivity index (χ4v) is 13.0. The van der Waals surface area contributed by atoms with E-state index in [9.17, 15) is 33.2 Å². The number of hydrogen-bond donors (Lipinski definition) is 3. The molecule has 11 rings (SSSR count). The largest absolute Gasteiger partial charge is 1.00 e. The van der Waals surface area contributed by atoms with Crippen molar-refractivity contribution < 1.29 is 87.1 Å². The van der Waals surface area contributed by atoms with E-state index in [-0.39, 0.29) is 93.7 Å². The molecule has 15 nitrogen and oxygen atoms in total. The van der Waals surface area contributed by atoms with Crippen molar-refractivity contribution in [1.82, 2.24) is 14.7 Å². The van der Waals surface area contributed by atoms with E-state index in [2.05, 4.69) is 46.8 Å². The molecule has 1 aromatic heterocycles. The molecule has 22 heteroatoms. The predicted molar refractivity (Wildman–Crippen MR) is 337 cm³/mol. The standard InChI is InChI=1S/C20H22ClFN4O2.C13H16O2S.C12H13BrO2.C12H14O3.C6H10O2S.CH4S.Na/c1-11-6-12(7-11)8-17(27)25-4-5-26-16(10-25)18(20(23)28)19(24-26)13-2-3-15(22)14(21)9-13;1-16-12-7-11(8-12)13(14)15-9-10-5-3-2-4-6-10;2*13-11-6-10(7-11)12(14)15-8-9-4-2-1-3-5-9;1-9-5-2-4(3-5)6(7)8;1-2;/h2-3,9,11-12H,4-8,10H2,1H3,(H2,23,28);2-6,11-12H,7-9H2,1H3;1-5,10-11H,6-8H2;1-5,10-11,13H,6-8H2;4-5H,2-3H2,1H3,(H,7,8);2H,1H3;/q;;;;;;+1/p-1. The molecule has 5 aromatic rings. The van der Waals surface area contributed by atoms with Crippen LogP contribution in [0, 0.1) is 41.3 Å². The summed E-state index contributed by atoms with van der Waals surface area (Å²) in [6.45, 7) is 4.63. The number of esters is 3. The number of carbonyl (C=O) groups excluding carboxylic acids is 5. The summed E-state index contributed by atoms with van der Waals surface area (Å²) in [7, 11) is 0. The third-order valence-corrected chi connectivity index (χ3v) is 18.9. The van der Waals surface area contributed by atoms with Gasteiger partial charge in [0.1, 0.15) is 31.3 Å². The Hall–Kier alpha value is -4.38. The molecule has 4 N–H and O–H groups in total. The number of benzene rings is 4. The number of fused-ring (bicyclic) bond motifs is 1. The van der Waals surface area contributed by atoms with E-state index in [4.69, 9.17) is 41.8 Å². The first-order valence-corrected chi connectivity index (χ1v) is 33.3. The van der Waals surface area contributed by atoms with Crippen LogP contribution in [0.3, 0.4) is 0 Å². The zero-order valence-electron chi connectivity index (χ0n) is 49.5. The molecule has 0 radical (unpaired) electrons. The van der Waals surface area contributed by atoms with E-state index in [1.807, 2.05) is 109 Å². The van der Waals surface area contributed by atoms with Gasteiger partial charge in [0.05, 0.1) is 59.1 Å². The Bertz CT molecular complexity index is 2880. The van der Waals surface area contributed by atoms with E-state index < -0.39 is 17.7 Å². The van der Waals surface area contributed by atoms with Crippen molar-refractivity contribution >= 4 is 99.4 Å². The number of carboxylic acids is 1. The summed E-state index contributed by atoms with van der Waals surface area (Å²) in [5.74, 6) is -0.699. The number of alkyl halides is 1. The maximum Gasteiger partial charge on any atom is 1.00 e. The fourth-order valence-electron chi connectivity index (χ4n) is 10.2. The molecule has 5 saturated carbocycles. The third kappa shape index (κ3) is 22.3.